The Labute approximate surface area is 195 Å². The Hall–Kier alpha value is -4.12. The van der Waals surface area contributed by atoms with E-state index in [1.54, 1.807) is 33.2 Å². The van der Waals surface area contributed by atoms with E-state index in [4.69, 9.17) is 11.0 Å². The van der Waals surface area contributed by atoms with E-state index in [9.17, 15) is 0 Å². The van der Waals surface area contributed by atoms with E-state index in [1.165, 1.54) is 22.0 Å². The molecule has 0 aromatic carbocycles. The summed E-state index contributed by atoms with van der Waals surface area (Å²) in [5.74, 6) is 1.54. The molecule has 0 aliphatic heterocycles. The Morgan fingerprint density at radius 2 is 2.00 bits per heavy atom. The summed E-state index contributed by atoms with van der Waals surface area (Å²) in [6.07, 6.45) is 11.7. The fourth-order valence-corrected chi connectivity index (χ4v) is 2.89. The van der Waals surface area contributed by atoms with Crippen molar-refractivity contribution in [1.82, 2.24) is 14.8 Å². The second kappa shape index (κ2) is 12.1. The van der Waals surface area contributed by atoms with Gasteiger partial charge in [-0.15, -0.1) is 5.11 Å². The van der Waals surface area contributed by atoms with Gasteiger partial charge in [-0.2, -0.15) is 20.2 Å². The van der Waals surface area contributed by atoms with Gasteiger partial charge in [-0.05, 0) is 45.7 Å². The van der Waals surface area contributed by atoms with E-state index in [0.29, 0.717) is 40.2 Å². The average Bonchev–Trinajstić information content (AvgIpc) is 3.02. The van der Waals surface area contributed by atoms with Crippen molar-refractivity contribution in [2.75, 3.05) is 12.8 Å². The van der Waals surface area contributed by atoms with Crippen LogP contribution < -0.4 is 5.73 Å². The summed E-state index contributed by atoms with van der Waals surface area (Å²) in [6, 6.07) is 7.46. The van der Waals surface area contributed by atoms with Crippen molar-refractivity contribution in [3.8, 4) is 11.9 Å². The third-order valence-corrected chi connectivity index (χ3v) is 5.16. The molecule has 2 N–H and O–H groups in total. The van der Waals surface area contributed by atoms with Gasteiger partial charge in [0.15, 0.2) is 17.3 Å². The maximum atomic E-state index is 9.04. The van der Waals surface area contributed by atoms with Crippen LogP contribution in [0, 0.1) is 24.2 Å². The van der Waals surface area contributed by atoms with Gasteiger partial charge in [0.2, 0.25) is 0 Å². The van der Waals surface area contributed by atoms with Gasteiger partial charge < -0.3 is 5.73 Å². The molecule has 0 saturated heterocycles. The van der Waals surface area contributed by atoms with Crippen molar-refractivity contribution in [2.45, 2.75) is 34.6 Å². The largest absolute Gasteiger partial charge is 0.382 e. The molecule has 0 saturated carbocycles. The second-order valence-electron chi connectivity index (χ2n) is 7.52. The highest BCUT2D eigenvalue weighted by atomic mass is 15.4. The number of nitriles is 1. The van der Waals surface area contributed by atoms with Gasteiger partial charge in [0.05, 0.1) is 17.0 Å². The van der Waals surface area contributed by atoms with E-state index in [-0.39, 0.29) is 0 Å². The Balaban J connectivity index is 0.000000321. The number of hydrogen-bond donors (Lipinski definition) is 1. The van der Waals surface area contributed by atoms with Crippen LogP contribution >= 0.6 is 0 Å². The van der Waals surface area contributed by atoms with Crippen LogP contribution in [0.5, 0.6) is 0 Å². The number of nitrogen functional groups attached to an aromatic ring is 1. The Morgan fingerprint density at radius 1 is 1.24 bits per heavy atom. The van der Waals surface area contributed by atoms with Crippen LogP contribution in [0.1, 0.15) is 33.4 Å². The molecule has 2 heterocycles. The summed E-state index contributed by atoms with van der Waals surface area (Å²) in [5, 5.41) is 21.5. The molecule has 8 heteroatoms. The number of nitrogens with two attached hydrogens (primary N) is 1. The number of rotatable bonds is 4. The Morgan fingerprint density at radius 3 is 2.64 bits per heavy atom. The Kier molecular flexibility index (Phi) is 9.18. The number of aliphatic imine (C=N–C) groups is 1. The average molecular weight is 443 g/mol. The molecule has 1 aliphatic carbocycles. The highest BCUT2D eigenvalue weighted by Crippen LogP contribution is 2.29. The molecule has 0 bridgehead atoms. The van der Waals surface area contributed by atoms with Gasteiger partial charge in [0, 0.05) is 19.5 Å². The number of aromatic nitrogens is 3. The summed E-state index contributed by atoms with van der Waals surface area (Å²) < 4.78 is 1.50. The molecule has 3 rings (SSSR count). The lowest BCUT2D eigenvalue weighted by molar-refractivity contribution is 0.841. The van der Waals surface area contributed by atoms with Gasteiger partial charge in [0.1, 0.15) is 6.07 Å². The number of nitrogens with zero attached hydrogens (tertiary/aromatic N) is 7. The fourth-order valence-electron chi connectivity index (χ4n) is 2.89. The molecule has 2 aromatic heterocycles. The molecular formula is C25H30N8. The highest BCUT2D eigenvalue weighted by molar-refractivity contribution is 5.84. The number of anilines is 1. The zero-order valence-electron chi connectivity index (χ0n) is 20.0. The number of allylic oxidation sites excluding steroid dienone is 8. The normalized spacial score (nSPS) is 16.5. The first-order valence-electron chi connectivity index (χ1n) is 10.5. The van der Waals surface area contributed by atoms with Crippen LogP contribution in [-0.2, 0) is 0 Å². The van der Waals surface area contributed by atoms with Crippen LogP contribution in [0.4, 0.5) is 11.5 Å². The van der Waals surface area contributed by atoms with Crippen molar-refractivity contribution in [2.24, 2.45) is 21.1 Å². The molecule has 0 spiro atoms. The summed E-state index contributed by atoms with van der Waals surface area (Å²) in [5.41, 5.74) is 10.8. The van der Waals surface area contributed by atoms with Gasteiger partial charge >= 0.3 is 0 Å². The molecule has 170 valence electrons. The number of azo groups is 1. The van der Waals surface area contributed by atoms with Crippen molar-refractivity contribution in [3.05, 3.63) is 76.8 Å². The van der Waals surface area contributed by atoms with Crippen molar-refractivity contribution < 1.29 is 0 Å². The number of pyridine rings is 1. The second-order valence-corrected chi connectivity index (χ2v) is 7.52. The zero-order valence-corrected chi connectivity index (χ0v) is 20.0. The molecule has 1 unspecified atom stereocenters. The predicted octanol–water partition coefficient (Wildman–Crippen LogP) is 5.82. The molecule has 1 atom stereocenters. The van der Waals surface area contributed by atoms with Crippen LogP contribution in [0.25, 0.3) is 5.82 Å². The van der Waals surface area contributed by atoms with Crippen LogP contribution in [0.15, 0.2) is 86.3 Å². The van der Waals surface area contributed by atoms with E-state index < -0.39 is 0 Å². The van der Waals surface area contributed by atoms with Crippen molar-refractivity contribution >= 4 is 17.7 Å². The third-order valence-electron chi connectivity index (χ3n) is 5.16. The topological polar surface area (TPSA) is 118 Å². The van der Waals surface area contributed by atoms with Crippen LogP contribution in [0.2, 0.25) is 0 Å². The predicted molar refractivity (Wildman–Crippen MR) is 134 cm³/mol. The van der Waals surface area contributed by atoms with Crippen LogP contribution in [0.3, 0.4) is 0 Å². The summed E-state index contributed by atoms with van der Waals surface area (Å²) in [7, 11) is 1.58. The molecule has 0 radical (unpaired) electrons. The quantitative estimate of drug-likeness (QED) is 0.364. The van der Waals surface area contributed by atoms with E-state index in [2.05, 4.69) is 70.4 Å². The van der Waals surface area contributed by atoms with Gasteiger partial charge in [-0.3, -0.25) is 4.99 Å². The molecule has 1 aliphatic rings. The first-order chi connectivity index (χ1) is 15.8. The van der Waals surface area contributed by atoms with Crippen LogP contribution in [-0.4, -0.2) is 28.0 Å². The molecule has 0 amide bonds. The lowest BCUT2D eigenvalue weighted by atomic mass is 9.99. The lowest BCUT2D eigenvalue weighted by Gasteiger charge is -2.06. The maximum Gasteiger partial charge on any atom is 0.157 e. The minimum Gasteiger partial charge on any atom is -0.382 e. The fraction of sp³-hybridized carbons (Fsp3) is 0.280. The smallest absolute Gasteiger partial charge is 0.157 e. The maximum absolute atomic E-state index is 9.04. The molecule has 2 aromatic rings. The Bertz CT molecular complexity index is 1180. The van der Waals surface area contributed by atoms with Crippen molar-refractivity contribution in [3.63, 3.8) is 0 Å². The van der Waals surface area contributed by atoms with E-state index in [0.717, 1.165) is 0 Å². The summed E-state index contributed by atoms with van der Waals surface area (Å²) in [6.45, 7) is 10.0. The summed E-state index contributed by atoms with van der Waals surface area (Å²) in [4.78, 5) is 8.01. The zero-order chi connectivity index (χ0) is 24.4. The van der Waals surface area contributed by atoms with E-state index in [1.807, 2.05) is 18.2 Å². The van der Waals surface area contributed by atoms with Crippen molar-refractivity contribution in [1.29, 1.82) is 5.26 Å². The SMILES string of the molecule is CC1=C(C)C(C)C=CC=C1.CN=C/C(C#N)=C(\C)N=Nc1c(C)nn(-c2ccccn2)c1N. The first-order valence-corrected chi connectivity index (χ1v) is 10.5. The lowest BCUT2D eigenvalue weighted by Crippen LogP contribution is -2.03. The highest BCUT2D eigenvalue weighted by Gasteiger charge is 2.14. The summed E-state index contributed by atoms with van der Waals surface area (Å²) >= 11 is 0. The molecular weight excluding hydrogens is 412 g/mol. The standard InChI is InChI=1S/C15H16N8.C10H14/c1-10(12(8-16)9-18-3)20-21-14-11(2)22-23(15(14)17)13-6-4-5-7-19-13;1-8-6-4-5-7-9(2)10(8)3/h4-7,9H,17H2,1-3H3;4-8H,1-3H3/b12-10+,18-9?,21-20?;. The van der Waals surface area contributed by atoms with E-state index >= 15 is 0 Å². The molecule has 33 heavy (non-hydrogen) atoms. The minimum absolute atomic E-state index is 0.334. The third kappa shape index (κ3) is 6.68. The molecule has 8 nitrogen and oxygen atoms in total. The first kappa shape index (κ1) is 25.1. The van der Waals surface area contributed by atoms with Gasteiger partial charge in [-0.1, -0.05) is 48.4 Å². The molecule has 0 fully saturated rings. The van der Waals surface area contributed by atoms with Gasteiger partial charge in [0.25, 0.3) is 0 Å². The number of aryl methyl sites for hydroxylation is 1. The minimum atomic E-state index is 0.334. The number of hydrogen-bond acceptors (Lipinski definition) is 7. The monoisotopic (exact) mass is 442 g/mol. The van der Waals surface area contributed by atoms with Gasteiger partial charge in [-0.25, -0.2) is 4.98 Å².